The minimum Gasteiger partial charge on any atom is -0.479 e. The highest BCUT2D eigenvalue weighted by Crippen LogP contribution is 2.34. The number of esters is 1. The third kappa shape index (κ3) is 14.6. The summed E-state index contributed by atoms with van der Waals surface area (Å²) >= 11 is 0. The Morgan fingerprint density at radius 3 is 2.40 bits per heavy atom. The normalized spacial score (nSPS) is 27.0. The quantitative estimate of drug-likeness (QED) is 0.0217. The lowest BCUT2D eigenvalue weighted by Gasteiger charge is -2.45. The zero-order valence-corrected chi connectivity index (χ0v) is 41.0. The third-order valence-electron chi connectivity index (χ3n) is 14.0. The van der Waals surface area contributed by atoms with Gasteiger partial charge in [0.25, 0.3) is 5.69 Å². The van der Waals surface area contributed by atoms with E-state index in [0.717, 1.165) is 55.8 Å². The van der Waals surface area contributed by atoms with Crippen molar-refractivity contribution in [3.63, 3.8) is 0 Å². The van der Waals surface area contributed by atoms with Crippen molar-refractivity contribution in [2.75, 3.05) is 13.2 Å². The van der Waals surface area contributed by atoms with Crippen LogP contribution in [0.1, 0.15) is 94.1 Å². The molecule has 3 aliphatic rings. The molecule has 1 amide bonds. The number of hydrogen-bond donors (Lipinski definition) is 7. The van der Waals surface area contributed by atoms with Gasteiger partial charge >= 0.3 is 11.9 Å². The third-order valence-corrected chi connectivity index (χ3v) is 14.0. The number of carbonyl (C=O) groups is 3. The maximum Gasteiger partial charge on any atom is 0.338 e. The molecule has 1 saturated carbocycles. The van der Waals surface area contributed by atoms with E-state index >= 15 is 0 Å². The van der Waals surface area contributed by atoms with E-state index in [1.54, 1.807) is 48.1 Å². The summed E-state index contributed by atoms with van der Waals surface area (Å²) < 4.78 is 40.2. The summed E-state index contributed by atoms with van der Waals surface area (Å²) in [7, 11) is 0. The highest BCUT2D eigenvalue weighted by Gasteiger charge is 2.51. The van der Waals surface area contributed by atoms with Crippen molar-refractivity contribution < 1.29 is 78.4 Å². The number of nitro benzene ring substituents is 1. The first-order valence-corrected chi connectivity index (χ1v) is 25.0. The standard InChI is InChI=1S/C50H68N6O17/c1-29(15-18-40(58)51-25-34-26-55(53-52-34)21-10-9-20-54-22-19-33-24-35(56(66)67)16-17-36(33)54)39(72-49-44(62)43(61)41(59)30(2)69-49)28-68-50-46(73-48(65)32-13-7-4-8-14-32)45(42(60)38(27-57)71-50)70-37(47(63)64)23-31-11-5-3-6-12-31/h4,7-8,13-14,16-17,19,22,24,26,29-31,37-39,41-46,49-50,57,59-62H,3,5-6,9-12,15,18,20-21,23,25,27-28H2,1-2H3,(H,51,58)(H,63,64)/t29?,30?,37-,38?,39?,41+,42-,43?,44?,45?,46?,49-,50+/m0/s1. The average molecular weight is 1030 g/mol. The molecule has 0 bridgehead atoms. The molecule has 3 fully saturated rings. The number of amides is 1. The summed E-state index contributed by atoms with van der Waals surface area (Å²) in [4.78, 5) is 50.4. The molecule has 0 spiro atoms. The summed E-state index contributed by atoms with van der Waals surface area (Å²) in [6.07, 6.45) is -7.55. The van der Waals surface area contributed by atoms with Crippen molar-refractivity contribution in [1.82, 2.24) is 24.9 Å². The molecule has 2 aliphatic heterocycles. The van der Waals surface area contributed by atoms with Gasteiger partial charge in [0.05, 0.1) is 48.7 Å². The highest BCUT2D eigenvalue weighted by atomic mass is 16.7. The minimum atomic E-state index is -1.71. The fourth-order valence-electron chi connectivity index (χ4n) is 9.58. The average Bonchev–Trinajstić information content (AvgIpc) is 4.03. The van der Waals surface area contributed by atoms with Crippen LogP contribution in [-0.4, -0.2) is 160 Å². The number of hydrogen-bond acceptors (Lipinski definition) is 18. The Bertz CT molecular complexity index is 2420. The summed E-state index contributed by atoms with van der Waals surface area (Å²) in [6.45, 7) is 3.41. The van der Waals surface area contributed by atoms with Crippen LogP contribution < -0.4 is 5.32 Å². The number of aryl methyl sites for hydroxylation is 2. The van der Waals surface area contributed by atoms with Gasteiger partial charge in [-0.25, -0.2) is 9.59 Å². The number of nitro groups is 1. The van der Waals surface area contributed by atoms with Crippen LogP contribution in [0.25, 0.3) is 10.9 Å². The Morgan fingerprint density at radius 2 is 1.67 bits per heavy atom. The van der Waals surface area contributed by atoms with E-state index in [0.29, 0.717) is 18.8 Å². The lowest BCUT2D eigenvalue weighted by Crippen LogP contribution is -2.63. The van der Waals surface area contributed by atoms with Crippen LogP contribution in [0, 0.1) is 22.0 Å². The van der Waals surface area contributed by atoms with Crippen LogP contribution >= 0.6 is 0 Å². The summed E-state index contributed by atoms with van der Waals surface area (Å²) in [6, 6.07) is 14.6. The van der Waals surface area contributed by atoms with E-state index in [-0.39, 0.29) is 48.9 Å². The van der Waals surface area contributed by atoms with E-state index in [1.807, 2.05) is 16.8 Å². The number of nitrogens with zero attached hydrogens (tertiary/aromatic N) is 5. The molecule has 4 aromatic rings. The zero-order valence-electron chi connectivity index (χ0n) is 41.0. The molecule has 4 heterocycles. The van der Waals surface area contributed by atoms with E-state index in [1.165, 1.54) is 25.1 Å². The van der Waals surface area contributed by atoms with Crippen molar-refractivity contribution in [3.8, 4) is 0 Å². The topological polar surface area (TPSA) is 319 Å². The fraction of sp³-hybridized carbons (Fsp3) is 0.620. The molecule has 7 rings (SSSR count). The van der Waals surface area contributed by atoms with E-state index < -0.39 is 110 Å². The zero-order chi connectivity index (χ0) is 52.2. The molecular weight excluding hydrogens is 957 g/mol. The SMILES string of the molecule is CC(CCC(=O)NCc1cn(CCCCn2ccc3cc([N+](=O)[O-])ccc32)nn1)C(CO[C@@H]1OC(CO)[C@H](O)C(O[C@@H](CC2CCCCC2)C(=O)O)C1OC(=O)c1ccccc1)O[C@@H]1OC(C)[C@@H](O)C(O)C1O. The summed E-state index contributed by atoms with van der Waals surface area (Å²) in [5, 5.41) is 87.4. The number of aliphatic hydroxyl groups is 5. The van der Waals surface area contributed by atoms with Gasteiger partial charge in [0.1, 0.15) is 42.3 Å². The Balaban J connectivity index is 0.993. The molecule has 7 N–H and O–H groups in total. The van der Waals surface area contributed by atoms with Gasteiger partial charge in [-0.3, -0.25) is 19.6 Å². The molecule has 2 aromatic heterocycles. The fourth-order valence-corrected chi connectivity index (χ4v) is 9.58. The second kappa shape index (κ2) is 26.1. The number of non-ortho nitro benzene ring substituents is 1. The number of aliphatic hydroxyl groups excluding tert-OH is 5. The van der Waals surface area contributed by atoms with Gasteiger partial charge in [-0.1, -0.05) is 62.4 Å². The molecule has 1 aliphatic carbocycles. The number of rotatable bonds is 25. The second-order valence-corrected chi connectivity index (χ2v) is 19.3. The number of carboxylic acid groups (broad SMARTS) is 1. The predicted molar refractivity (Wildman–Crippen MR) is 256 cm³/mol. The van der Waals surface area contributed by atoms with Crippen LogP contribution in [0.15, 0.2) is 67.0 Å². The lowest BCUT2D eigenvalue weighted by atomic mass is 9.85. The number of aromatic nitrogens is 4. The van der Waals surface area contributed by atoms with E-state index in [9.17, 15) is 55.1 Å². The van der Waals surface area contributed by atoms with Crippen molar-refractivity contribution >= 4 is 34.4 Å². The van der Waals surface area contributed by atoms with Gasteiger partial charge in [-0.2, -0.15) is 0 Å². The molecule has 23 nitrogen and oxygen atoms in total. The van der Waals surface area contributed by atoms with Gasteiger partial charge in [-0.15, -0.1) is 5.10 Å². The number of fused-ring (bicyclic) bond motifs is 1. The number of nitrogens with one attached hydrogen (secondary N) is 1. The number of unbranched alkanes of at least 4 members (excludes halogenated alkanes) is 1. The van der Waals surface area contributed by atoms with Gasteiger partial charge in [-0.05, 0) is 68.7 Å². The largest absolute Gasteiger partial charge is 0.479 e. The van der Waals surface area contributed by atoms with E-state index in [2.05, 4.69) is 15.6 Å². The number of ether oxygens (including phenoxy) is 6. The smallest absolute Gasteiger partial charge is 0.338 e. The minimum absolute atomic E-state index is 0.0219. The number of aliphatic carboxylic acids is 1. The molecule has 2 saturated heterocycles. The maximum atomic E-state index is 13.7. The predicted octanol–water partition coefficient (Wildman–Crippen LogP) is 3.00. The van der Waals surface area contributed by atoms with Gasteiger partial charge in [0.2, 0.25) is 5.91 Å². The molecule has 8 unspecified atom stereocenters. The maximum absolute atomic E-state index is 13.7. The second-order valence-electron chi connectivity index (χ2n) is 19.3. The van der Waals surface area contributed by atoms with Crippen molar-refractivity contribution in [2.45, 2.75) is 171 Å². The van der Waals surface area contributed by atoms with Crippen molar-refractivity contribution in [3.05, 3.63) is 88.4 Å². The van der Waals surface area contributed by atoms with Crippen LogP contribution in [0.5, 0.6) is 0 Å². The Hall–Kier alpha value is -5.47. The van der Waals surface area contributed by atoms with Gasteiger partial charge in [0, 0.05) is 48.7 Å². The highest BCUT2D eigenvalue weighted by molar-refractivity contribution is 5.89. The molecule has 0 radical (unpaired) electrons. The van der Waals surface area contributed by atoms with Gasteiger partial charge < -0.3 is 68.9 Å². The first kappa shape index (κ1) is 55.3. The van der Waals surface area contributed by atoms with Crippen LogP contribution in [0.3, 0.4) is 0 Å². The first-order chi connectivity index (χ1) is 35.1. The Kier molecular flexibility index (Phi) is 19.8. The molecular formula is C50H68N6O17. The van der Waals surface area contributed by atoms with Crippen LogP contribution in [0.2, 0.25) is 0 Å². The number of benzene rings is 2. The Morgan fingerprint density at radius 1 is 0.918 bits per heavy atom. The molecule has 400 valence electrons. The lowest BCUT2D eigenvalue weighted by molar-refractivity contribution is -0.384. The number of carboxylic acids is 1. The van der Waals surface area contributed by atoms with E-state index in [4.69, 9.17) is 28.4 Å². The Labute approximate surface area is 421 Å². The first-order valence-electron chi connectivity index (χ1n) is 25.0. The monoisotopic (exact) mass is 1020 g/mol. The van der Waals surface area contributed by atoms with Crippen LogP contribution in [0.4, 0.5) is 5.69 Å². The van der Waals surface area contributed by atoms with Crippen molar-refractivity contribution in [2.24, 2.45) is 11.8 Å². The number of carbonyl (C=O) groups excluding carboxylic acids is 2. The van der Waals surface area contributed by atoms with Gasteiger partial charge in [0.15, 0.2) is 24.8 Å². The van der Waals surface area contributed by atoms with Crippen LogP contribution in [-0.2, 0) is 57.6 Å². The van der Waals surface area contributed by atoms with Crippen molar-refractivity contribution in [1.29, 1.82) is 0 Å². The molecule has 13 atom stereocenters. The summed E-state index contributed by atoms with van der Waals surface area (Å²) in [5.41, 5.74) is 1.60. The summed E-state index contributed by atoms with van der Waals surface area (Å²) in [5.74, 6) is -3.02. The molecule has 23 heteroatoms. The molecule has 73 heavy (non-hydrogen) atoms. The molecule has 2 aromatic carbocycles.